The lowest BCUT2D eigenvalue weighted by Crippen LogP contribution is -2.32. The molecular weight excluding hydrogens is 229 g/mol. The van der Waals surface area contributed by atoms with Crippen LogP contribution >= 0.6 is 22.6 Å². The van der Waals surface area contributed by atoms with E-state index >= 15 is 0 Å². The van der Waals surface area contributed by atoms with E-state index in [0.717, 1.165) is 12.8 Å². The summed E-state index contributed by atoms with van der Waals surface area (Å²) < 4.78 is 0.662. The first-order valence-corrected chi connectivity index (χ1v) is 4.48. The Kier molecular flexibility index (Phi) is 2.73. The first-order valence-electron chi connectivity index (χ1n) is 3.23. The molecule has 0 aromatic heterocycles. The summed E-state index contributed by atoms with van der Waals surface area (Å²) in [4.78, 5) is 0. The van der Waals surface area contributed by atoms with E-state index in [1.54, 1.807) is 0 Å². The quantitative estimate of drug-likeness (QED) is 0.518. The van der Waals surface area contributed by atoms with Gasteiger partial charge in [0.05, 0.1) is 6.10 Å². The average Bonchev–Trinajstić information content (AvgIpc) is 2.10. The molecule has 0 spiro atoms. The van der Waals surface area contributed by atoms with E-state index in [1.807, 2.05) is 7.05 Å². The molecular formula is C6H12INO. The van der Waals surface area contributed by atoms with Gasteiger partial charge in [-0.2, -0.15) is 0 Å². The number of aliphatic hydroxyl groups excluding tert-OH is 1. The lowest BCUT2D eigenvalue weighted by molar-refractivity contribution is 0.153. The topological polar surface area (TPSA) is 32.3 Å². The molecule has 1 saturated carbocycles. The maximum Gasteiger partial charge on any atom is 0.0703 e. The molecule has 0 unspecified atom stereocenters. The molecule has 0 aromatic rings. The second-order valence-electron chi connectivity index (χ2n) is 2.53. The van der Waals surface area contributed by atoms with Crippen LogP contribution in [0.1, 0.15) is 12.8 Å². The van der Waals surface area contributed by atoms with Crippen LogP contribution in [-0.4, -0.2) is 28.2 Å². The van der Waals surface area contributed by atoms with Gasteiger partial charge in [-0.3, -0.25) is 0 Å². The number of aliphatic hydroxyl groups is 1. The molecule has 0 aromatic carbocycles. The molecule has 54 valence electrons. The third kappa shape index (κ3) is 1.78. The summed E-state index contributed by atoms with van der Waals surface area (Å²) in [7, 11) is 1.91. The van der Waals surface area contributed by atoms with Gasteiger partial charge in [-0.15, -0.1) is 0 Å². The Hall–Kier alpha value is 0.650. The van der Waals surface area contributed by atoms with Crippen molar-refractivity contribution in [2.75, 3.05) is 7.05 Å². The Morgan fingerprint density at radius 3 is 2.44 bits per heavy atom. The van der Waals surface area contributed by atoms with E-state index in [4.69, 9.17) is 0 Å². The first kappa shape index (κ1) is 7.75. The Balaban J connectivity index is 2.38. The first-order chi connectivity index (χ1) is 4.24. The molecule has 1 aliphatic carbocycles. The van der Waals surface area contributed by atoms with E-state index < -0.39 is 0 Å². The molecule has 1 aliphatic rings. The highest BCUT2D eigenvalue weighted by Gasteiger charge is 2.29. The summed E-state index contributed by atoms with van der Waals surface area (Å²) in [6.45, 7) is 0. The number of hydrogen-bond acceptors (Lipinski definition) is 2. The molecule has 2 N–H and O–H groups in total. The van der Waals surface area contributed by atoms with Crippen molar-refractivity contribution in [1.82, 2.24) is 5.32 Å². The minimum Gasteiger partial charge on any atom is -0.391 e. The van der Waals surface area contributed by atoms with Crippen LogP contribution in [0.15, 0.2) is 0 Å². The summed E-state index contributed by atoms with van der Waals surface area (Å²) >= 11 is 2.39. The molecule has 0 bridgehead atoms. The van der Waals surface area contributed by atoms with E-state index in [0.29, 0.717) is 9.97 Å². The molecule has 2 nitrogen and oxygen atoms in total. The monoisotopic (exact) mass is 241 g/mol. The molecule has 0 saturated heterocycles. The molecule has 1 rings (SSSR count). The largest absolute Gasteiger partial charge is 0.391 e. The van der Waals surface area contributed by atoms with E-state index in [9.17, 15) is 5.11 Å². The third-order valence-corrected chi connectivity index (χ3v) is 2.86. The zero-order chi connectivity index (χ0) is 6.85. The molecule has 9 heavy (non-hydrogen) atoms. The lowest BCUT2D eigenvalue weighted by atomic mass is 10.2. The lowest BCUT2D eigenvalue weighted by Gasteiger charge is -2.11. The number of rotatable bonds is 1. The standard InChI is InChI=1S/C6H12INO/c1-8-5-2-4(7)3-6(5)9/h4-6,8-9H,2-3H2,1H3/t4-,5-,6+/m1/s1. The minimum absolute atomic E-state index is 0.114. The highest BCUT2D eigenvalue weighted by molar-refractivity contribution is 14.1. The summed E-state index contributed by atoms with van der Waals surface area (Å²) in [5.74, 6) is 0. The normalized spacial score (nSPS) is 43.7. The van der Waals surface area contributed by atoms with E-state index in [1.165, 1.54) is 0 Å². The average molecular weight is 241 g/mol. The SMILES string of the molecule is CN[C@@H]1C[C@@H](I)C[C@@H]1O. The van der Waals surface area contributed by atoms with Gasteiger partial charge < -0.3 is 10.4 Å². The number of nitrogens with one attached hydrogen (secondary N) is 1. The highest BCUT2D eigenvalue weighted by atomic mass is 127. The van der Waals surface area contributed by atoms with Gasteiger partial charge in [-0.05, 0) is 19.9 Å². The number of likely N-dealkylation sites (N-methyl/N-ethyl adjacent to an activating group) is 1. The zero-order valence-corrected chi connectivity index (χ0v) is 7.63. The van der Waals surface area contributed by atoms with Gasteiger partial charge in [-0.1, -0.05) is 22.6 Å². The summed E-state index contributed by atoms with van der Waals surface area (Å²) in [5, 5.41) is 12.4. The van der Waals surface area contributed by atoms with Crippen molar-refractivity contribution in [1.29, 1.82) is 0 Å². The molecule has 3 heteroatoms. The zero-order valence-electron chi connectivity index (χ0n) is 5.47. The van der Waals surface area contributed by atoms with Gasteiger partial charge in [0, 0.05) is 9.97 Å². The number of halogens is 1. The fraction of sp³-hybridized carbons (Fsp3) is 1.00. The van der Waals surface area contributed by atoms with Gasteiger partial charge >= 0.3 is 0 Å². The third-order valence-electron chi connectivity index (χ3n) is 1.84. The molecule has 0 amide bonds. The Morgan fingerprint density at radius 1 is 1.56 bits per heavy atom. The predicted molar refractivity (Wildman–Crippen MR) is 45.9 cm³/mol. The number of alkyl halides is 1. The fourth-order valence-corrected chi connectivity index (χ4v) is 2.33. The van der Waals surface area contributed by atoms with Gasteiger partial charge in [0.25, 0.3) is 0 Å². The molecule has 1 fully saturated rings. The second-order valence-corrected chi connectivity index (χ2v) is 4.29. The highest BCUT2D eigenvalue weighted by Crippen LogP contribution is 2.25. The maximum atomic E-state index is 9.29. The Bertz CT molecular complexity index is 99.1. The summed E-state index contributed by atoms with van der Waals surface area (Å²) in [6, 6.07) is 0.340. The second kappa shape index (κ2) is 3.16. The minimum atomic E-state index is -0.114. The van der Waals surface area contributed by atoms with Crippen LogP contribution in [0.25, 0.3) is 0 Å². The smallest absolute Gasteiger partial charge is 0.0703 e. The van der Waals surface area contributed by atoms with Crippen LogP contribution in [0, 0.1) is 0 Å². The maximum absolute atomic E-state index is 9.29. The molecule has 0 radical (unpaired) electrons. The van der Waals surface area contributed by atoms with Gasteiger partial charge in [0.15, 0.2) is 0 Å². The van der Waals surface area contributed by atoms with Crippen molar-refractivity contribution in [2.45, 2.75) is 28.9 Å². The Morgan fingerprint density at radius 2 is 2.22 bits per heavy atom. The molecule has 0 heterocycles. The Labute approximate surface area is 69.2 Å². The van der Waals surface area contributed by atoms with Crippen molar-refractivity contribution < 1.29 is 5.11 Å². The van der Waals surface area contributed by atoms with Gasteiger partial charge in [-0.25, -0.2) is 0 Å². The van der Waals surface area contributed by atoms with Crippen LogP contribution in [-0.2, 0) is 0 Å². The van der Waals surface area contributed by atoms with Crippen molar-refractivity contribution in [2.24, 2.45) is 0 Å². The molecule has 3 atom stereocenters. The van der Waals surface area contributed by atoms with Crippen LogP contribution in [0.4, 0.5) is 0 Å². The van der Waals surface area contributed by atoms with Gasteiger partial charge in [0.2, 0.25) is 0 Å². The van der Waals surface area contributed by atoms with Crippen LogP contribution < -0.4 is 5.32 Å². The van der Waals surface area contributed by atoms with E-state index in [2.05, 4.69) is 27.9 Å². The number of hydrogen-bond donors (Lipinski definition) is 2. The van der Waals surface area contributed by atoms with Crippen molar-refractivity contribution >= 4 is 22.6 Å². The van der Waals surface area contributed by atoms with Crippen molar-refractivity contribution in [3.05, 3.63) is 0 Å². The van der Waals surface area contributed by atoms with Crippen LogP contribution in [0.3, 0.4) is 0 Å². The van der Waals surface area contributed by atoms with Gasteiger partial charge in [0.1, 0.15) is 0 Å². The van der Waals surface area contributed by atoms with Crippen molar-refractivity contribution in [3.8, 4) is 0 Å². The fourth-order valence-electron chi connectivity index (χ4n) is 1.27. The predicted octanol–water partition coefficient (Wildman–Crippen LogP) is 0.533. The van der Waals surface area contributed by atoms with E-state index in [-0.39, 0.29) is 6.10 Å². The van der Waals surface area contributed by atoms with Crippen LogP contribution in [0.5, 0.6) is 0 Å². The molecule has 0 aliphatic heterocycles. The summed E-state index contributed by atoms with van der Waals surface area (Å²) in [6.07, 6.45) is 1.95. The van der Waals surface area contributed by atoms with Crippen LogP contribution in [0.2, 0.25) is 0 Å². The van der Waals surface area contributed by atoms with Crippen molar-refractivity contribution in [3.63, 3.8) is 0 Å². The summed E-state index contributed by atoms with van der Waals surface area (Å²) in [5.41, 5.74) is 0.